The van der Waals surface area contributed by atoms with Gasteiger partial charge in [0, 0.05) is 0 Å². The van der Waals surface area contributed by atoms with Crippen LogP contribution < -0.4 is 5.32 Å². The van der Waals surface area contributed by atoms with Gasteiger partial charge in [0.15, 0.2) is 0 Å². The van der Waals surface area contributed by atoms with E-state index in [1.165, 1.54) is 12.1 Å². The van der Waals surface area contributed by atoms with E-state index in [2.05, 4.69) is 5.32 Å². The van der Waals surface area contributed by atoms with Gasteiger partial charge in [0.1, 0.15) is 6.54 Å². The minimum absolute atomic E-state index is 0.174. The largest absolute Gasteiger partial charge is 0.480 e. The van der Waals surface area contributed by atoms with Gasteiger partial charge in [-0.2, -0.15) is 13.2 Å². The van der Waals surface area contributed by atoms with Crippen molar-refractivity contribution >= 4 is 11.9 Å². The molecule has 0 saturated heterocycles. The van der Waals surface area contributed by atoms with Crippen LogP contribution in [0.4, 0.5) is 13.2 Å². The molecule has 0 fully saturated rings. The number of aliphatic carboxylic acids is 1. The van der Waals surface area contributed by atoms with Gasteiger partial charge in [-0.3, -0.25) is 9.59 Å². The third kappa shape index (κ3) is 4.44. The molecule has 0 saturated carbocycles. The number of carbonyl (C=O) groups excluding carboxylic acids is 1. The third-order valence-corrected chi connectivity index (χ3v) is 2.06. The Morgan fingerprint density at radius 3 is 2.50 bits per heavy atom. The molecule has 0 aliphatic heterocycles. The van der Waals surface area contributed by atoms with Gasteiger partial charge in [0.05, 0.1) is 12.0 Å². The Morgan fingerprint density at radius 1 is 1.28 bits per heavy atom. The van der Waals surface area contributed by atoms with Crippen molar-refractivity contribution in [2.24, 2.45) is 0 Å². The maximum atomic E-state index is 12.4. The lowest BCUT2D eigenvalue weighted by Crippen LogP contribution is -2.30. The van der Waals surface area contributed by atoms with Gasteiger partial charge in [-0.05, 0) is 11.6 Å². The predicted molar refractivity (Wildman–Crippen MR) is 55.8 cm³/mol. The number of carbonyl (C=O) groups is 2. The molecule has 0 unspecified atom stereocenters. The van der Waals surface area contributed by atoms with Gasteiger partial charge < -0.3 is 10.4 Å². The molecule has 1 rings (SSSR count). The summed E-state index contributed by atoms with van der Waals surface area (Å²) in [5.41, 5.74) is -0.668. The zero-order valence-corrected chi connectivity index (χ0v) is 9.12. The molecular weight excluding hydrogens is 251 g/mol. The normalized spacial score (nSPS) is 11.1. The fourth-order valence-electron chi connectivity index (χ4n) is 1.28. The number of hydrogen-bond donors (Lipinski definition) is 2. The zero-order chi connectivity index (χ0) is 13.8. The summed E-state index contributed by atoms with van der Waals surface area (Å²) in [6, 6.07) is 4.33. The fourth-order valence-corrected chi connectivity index (χ4v) is 1.28. The Kier molecular flexibility index (Phi) is 4.30. The van der Waals surface area contributed by atoms with Gasteiger partial charge in [0.2, 0.25) is 5.91 Å². The Bertz CT molecular complexity index is 457. The molecule has 1 amide bonds. The summed E-state index contributed by atoms with van der Waals surface area (Å²) in [5, 5.41) is 10.4. The Morgan fingerprint density at radius 2 is 1.94 bits per heavy atom. The average Bonchev–Trinajstić information content (AvgIpc) is 2.25. The lowest BCUT2D eigenvalue weighted by molar-refractivity contribution is -0.138. The second kappa shape index (κ2) is 5.52. The topological polar surface area (TPSA) is 66.4 Å². The number of benzene rings is 1. The maximum Gasteiger partial charge on any atom is 0.416 e. The van der Waals surface area contributed by atoms with Crippen LogP contribution in [0.25, 0.3) is 0 Å². The number of halogens is 3. The molecule has 0 spiro atoms. The van der Waals surface area contributed by atoms with Gasteiger partial charge in [-0.15, -0.1) is 0 Å². The van der Waals surface area contributed by atoms with E-state index in [9.17, 15) is 22.8 Å². The Labute approximate surface area is 100 Å². The van der Waals surface area contributed by atoms with E-state index in [1.807, 2.05) is 0 Å². The minimum Gasteiger partial charge on any atom is -0.480 e. The molecule has 18 heavy (non-hydrogen) atoms. The molecule has 0 bridgehead atoms. The number of nitrogens with one attached hydrogen (secondary N) is 1. The first-order chi connectivity index (χ1) is 8.29. The maximum absolute atomic E-state index is 12.4. The Balaban J connectivity index is 2.68. The average molecular weight is 261 g/mol. The molecule has 0 aromatic heterocycles. The van der Waals surface area contributed by atoms with Crippen LogP contribution in [0.5, 0.6) is 0 Å². The van der Waals surface area contributed by atoms with Gasteiger partial charge in [-0.1, -0.05) is 18.2 Å². The summed E-state index contributed by atoms with van der Waals surface area (Å²) < 4.78 is 37.1. The first-order valence-corrected chi connectivity index (χ1v) is 4.93. The van der Waals surface area contributed by atoms with E-state index in [-0.39, 0.29) is 12.0 Å². The first-order valence-electron chi connectivity index (χ1n) is 4.93. The van der Waals surface area contributed by atoms with Crippen LogP contribution in [0.3, 0.4) is 0 Å². The summed E-state index contributed by atoms with van der Waals surface area (Å²) >= 11 is 0. The van der Waals surface area contributed by atoms with E-state index >= 15 is 0 Å². The van der Waals surface area contributed by atoms with E-state index in [0.29, 0.717) is 0 Å². The summed E-state index contributed by atoms with van der Waals surface area (Å²) in [5.74, 6) is -1.86. The monoisotopic (exact) mass is 261 g/mol. The highest BCUT2D eigenvalue weighted by atomic mass is 19.4. The van der Waals surface area contributed by atoms with Gasteiger partial charge in [-0.25, -0.2) is 0 Å². The van der Waals surface area contributed by atoms with Crippen molar-refractivity contribution in [1.82, 2.24) is 5.32 Å². The Hall–Kier alpha value is -2.05. The molecule has 2 N–H and O–H groups in total. The van der Waals surface area contributed by atoms with E-state index in [4.69, 9.17) is 5.11 Å². The predicted octanol–water partition coefficient (Wildman–Crippen LogP) is 1.45. The molecule has 0 aliphatic carbocycles. The summed E-state index contributed by atoms with van der Waals surface area (Å²) in [7, 11) is 0. The quantitative estimate of drug-likeness (QED) is 0.862. The van der Waals surface area contributed by atoms with Crippen LogP contribution in [-0.2, 0) is 22.2 Å². The zero-order valence-electron chi connectivity index (χ0n) is 9.12. The number of amides is 1. The number of alkyl halides is 3. The molecule has 4 nitrogen and oxygen atoms in total. The van der Waals surface area contributed by atoms with Crippen molar-refractivity contribution < 1.29 is 27.9 Å². The smallest absolute Gasteiger partial charge is 0.416 e. The number of carboxylic acids is 1. The molecule has 98 valence electrons. The molecule has 7 heteroatoms. The van der Waals surface area contributed by atoms with Crippen LogP contribution in [0.15, 0.2) is 24.3 Å². The molecule has 0 atom stereocenters. The number of hydrogen-bond acceptors (Lipinski definition) is 2. The van der Waals surface area contributed by atoms with E-state index in [0.717, 1.165) is 12.1 Å². The minimum atomic E-state index is -4.46. The number of carboxylic acid groups (broad SMARTS) is 1. The van der Waals surface area contributed by atoms with Crippen molar-refractivity contribution in [2.75, 3.05) is 6.54 Å². The number of rotatable bonds is 4. The molecule has 0 aliphatic rings. The molecular formula is C11H10F3NO3. The molecule has 0 heterocycles. The highest BCUT2D eigenvalue weighted by molar-refractivity contribution is 5.82. The van der Waals surface area contributed by atoms with Crippen molar-refractivity contribution in [1.29, 1.82) is 0 Å². The molecule has 0 radical (unpaired) electrons. The SMILES string of the molecule is O=C(O)CNC(=O)Cc1cccc(C(F)(F)F)c1. The summed E-state index contributed by atoms with van der Waals surface area (Å²) in [4.78, 5) is 21.4. The van der Waals surface area contributed by atoms with Crippen LogP contribution in [0.2, 0.25) is 0 Å². The lowest BCUT2D eigenvalue weighted by Gasteiger charge is -2.08. The van der Waals surface area contributed by atoms with Crippen LogP contribution in [0, 0.1) is 0 Å². The second-order valence-electron chi connectivity index (χ2n) is 3.55. The summed E-state index contributed by atoms with van der Waals surface area (Å²) in [6.45, 7) is -0.558. The van der Waals surface area contributed by atoms with Crippen molar-refractivity contribution in [2.45, 2.75) is 12.6 Å². The second-order valence-corrected chi connectivity index (χ2v) is 3.55. The van der Waals surface area contributed by atoms with E-state index < -0.39 is 30.2 Å². The fraction of sp³-hybridized carbons (Fsp3) is 0.273. The van der Waals surface area contributed by atoms with Crippen molar-refractivity contribution in [3.05, 3.63) is 35.4 Å². The highest BCUT2D eigenvalue weighted by Crippen LogP contribution is 2.29. The van der Waals surface area contributed by atoms with Crippen LogP contribution in [0.1, 0.15) is 11.1 Å². The van der Waals surface area contributed by atoms with Gasteiger partial charge in [0.25, 0.3) is 0 Å². The standard InChI is InChI=1S/C11H10F3NO3/c12-11(13,14)8-3-1-2-7(4-8)5-9(16)15-6-10(17)18/h1-4H,5-6H2,(H,15,16)(H,17,18). The van der Waals surface area contributed by atoms with E-state index in [1.54, 1.807) is 0 Å². The highest BCUT2D eigenvalue weighted by Gasteiger charge is 2.30. The van der Waals surface area contributed by atoms with Crippen LogP contribution in [-0.4, -0.2) is 23.5 Å². The van der Waals surface area contributed by atoms with Crippen molar-refractivity contribution in [3.63, 3.8) is 0 Å². The van der Waals surface area contributed by atoms with Gasteiger partial charge >= 0.3 is 12.1 Å². The first kappa shape index (κ1) is 14.0. The molecule has 1 aromatic carbocycles. The van der Waals surface area contributed by atoms with Crippen LogP contribution >= 0.6 is 0 Å². The lowest BCUT2D eigenvalue weighted by atomic mass is 10.1. The third-order valence-electron chi connectivity index (χ3n) is 2.06. The summed E-state index contributed by atoms with van der Waals surface area (Å²) in [6.07, 6.45) is -4.76. The molecule has 1 aromatic rings. The van der Waals surface area contributed by atoms with Crippen molar-refractivity contribution in [3.8, 4) is 0 Å².